The van der Waals surface area contributed by atoms with Crippen molar-refractivity contribution < 1.29 is 4.74 Å². The van der Waals surface area contributed by atoms with Gasteiger partial charge in [0.05, 0.1) is 13.2 Å². The number of ether oxygens (including phenoxy) is 1. The van der Waals surface area contributed by atoms with Crippen LogP contribution in [0.3, 0.4) is 0 Å². The van der Waals surface area contributed by atoms with E-state index in [-0.39, 0.29) is 0 Å². The van der Waals surface area contributed by atoms with Gasteiger partial charge in [-0.2, -0.15) is 0 Å². The van der Waals surface area contributed by atoms with E-state index in [2.05, 4.69) is 24.3 Å². The van der Waals surface area contributed by atoms with Crippen LogP contribution in [-0.2, 0) is 4.74 Å². The molecule has 0 aromatic heterocycles. The summed E-state index contributed by atoms with van der Waals surface area (Å²) in [4.78, 5) is 0. The van der Waals surface area contributed by atoms with E-state index in [0.717, 1.165) is 26.1 Å². The Morgan fingerprint density at radius 2 is 1.64 bits per heavy atom. The van der Waals surface area contributed by atoms with Crippen LogP contribution >= 0.6 is 0 Å². The molecule has 0 atom stereocenters. The Labute approximate surface area is 67.1 Å². The summed E-state index contributed by atoms with van der Waals surface area (Å²) in [6.07, 6.45) is 10.8. The van der Waals surface area contributed by atoms with E-state index in [4.69, 9.17) is 4.74 Å². The lowest BCUT2D eigenvalue weighted by molar-refractivity contribution is 0.119. The Morgan fingerprint density at radius 3 is 2.27 bits per heavy atom. The maximum Gasteiger partial charge on any atom is 0.0503 e. The van der Waals surface area contributed by atoms with Crippen LogP contribution in [0.25, 0.3) is 0 Å². The molecular weight excluding hydrogens is 136 g/mol. The van der Waals surface area contributed by atoms with Gasteiger partial charge in [-0.3, -0.25) is 0 Å². The Bertz CT molecular complexity index is 211. The SMILES string of the molecule is C1=CC(=C2CCOCC2)C=C1. The van der Waals surface area contributed by atoms with Gasteiger partial charge in [0.15, 0.2) is 0 Å². The summed E-state index contributed by atoms with van der Waals surface area (Å²) < 4.78 is 5.28. The predicted octanol–water partition coefficient (Wildman–Crippen LogP) is 2.22. The van der Waals surface area contributed by atoms with Crippen LogP contribution in [0.15, 0.2) is 35.5 Å². The van der Waals surface area contributed by atoms with Crippen molar-refractivity contribution in [3.05, 3.63) is 35.5 Å². The summed E-state index contributed by atoms with van der Waals surface area (Å²) in [6.45, 7) is 1.81. The van der Waals surface area contributed by atoms with Crippen molar-refractivity contribution in [1.29, 1.82) is 0 Å². The summed E-state index contributed by atoms with van der Waals surface area (Å²) in [5.41, 5.74) is 2.97. The van der Waals surface area contributed by atoms with Gasteiger partial charge in [0.2, 0.25) is 0 Å². The summed E-state index contributed by atoms with van der Waals surface area (Å²) >= 11 is 0. The van der Waals surface area contributed by atoms with E-state index in [0.29, 0.717) is 0 Å². The fraction of sp³-hybridized carbons (Fsp3) is 0.400. The molecule has 0 radical (unpaired) electrons. The third-order valence-corrected chi connectivity index (χ3v) is 2.17. The Balaban J connectivity index is 2.17. The molecule has 1 aliphatic heterocycles. The highest BCUT2D eigenvalue weighted by Crippen LogP contribution is 2.21. The Hall–Kier alpha value is -0.820. The minimum Gasteiger partial charge on any atom is -0.381 e. The molecule has 2 rings (SSSR count). The first-order valence-electron chi connectivity index (χ1n) is 4.11. The summed E-state index contributed by atoms with van der Waals surface area (Å²) in [5.74, 6) is 0. The highest BCUT2D eigenvalue weighted by Gasteiger charge is 2.08. The second-order valence-electron chi connectivity index (χ2n) is 2.89. The van der Waals surface area contributed by atoms with Crippen molar-refractivity contribution in [3.8, 4) is 0 Å². The topological polar surface area (TPSA) is 9.23 Å². The van der Waals surface area contributed by atoms with Gasteiger partial charge >= 0.3 is 0 Å². The van der Waals surface area contributed by atoms with Crippen molar-refractivity contribution in [3.63, 3.8) is 0 Å². The highest BCUT2D eigenvalue weighted by atomic mass is 16.5. The third kappa shape index (κ3) is 1.43. The highest BCUT2D eigenvalue weighted by molar-refractivity contribution is 5.43. The first kappa shape index (κ1) is 6.86. The molecule has 1 heteroatoms. The molecule has 0 aromatic carbocycles. The van der Waals surface area contributed by atoms with E-state index >= 15 is 0 Å². The van der Waals surface area contributed by atoms with Crippen molar-refractivity contribution in [2.75, 3.05) is 13.2 Å². The molecule has 0 amide bonds. The summed E-state index contributed by atoms with van der Waals surface area (Å²) in [6, 6.07) is 0. The average Bonchev–Trinajstić information content (AvgIpc) is 2.58. The van der Waals surface area contributed by atoms with Gasteiger partial charge in [0.25, 0.3) is 0 Å². The van der Waals surface area contributed by atoms with Crippen LogP contribution in [0.1, 0.15) is 12.8 Å². The van der Waals surface area contributed by atoms with Crippen molar-refractivity contribution in [2.45, 2.75) is 12.8 Å². The van der Waals surface area contributed by atoms with Gasteiger partial charge in [-0.05, 0) is 18.4 Å². The molecule has 1 nitrogen and oxygen atoms in total. The second kappa shape index (κ2) is 3.05. The molecule has 0 aromatic rings. The lowest BCUT2D eigenvalue weighted by Crippen LogP contribution is -2.08. The van der Waals surface area contributed by atoms with Crippen LogP contribution < -0.4 is 0 Å². The maximum atomic E-state index is 5.28. The lowest BCUT2D eigenvalue weighted by Gasteiger charge is -2.15. The summed E-state index contributed by atoms with van der Waals surface area (Å²) in [5, 5.41) is 0. The van der Waals surface area contributed by atoms with Gasteiger partial charge in [-0.15, -0.1) is 0 Å². The van der Waals surface area contributed by atoms with Crippen LogP contribution in [0, 0.1) is 0 Å². The van der Waals surface area contributed by atoms with E-state index in [1.807, 2.05) is 0 Å². The molecule has 0 saturated carbocycles. The standard InChI is InChI=1S/C10H12O/c1-2-4-9(3-1)10-5-7-11-8-6-10/h1-4H,5-8H2. The van der Waals surface area contributed by atoms with Crippen LogP contribution in [0.5, 0.6) is 0 Å². The molecule has 0 unspecified atom stereocenters. The molecule has 1 heterocycles. The Morgan fingerprint density at radius 1 is 1.00 bits per heavy atom. The third-order valence-electron chi connectivity index (χ3n) is 2.17. The summed E-state index contributed by atoms with van der Waals surface area (Å²) in [7, 11) is 0. The molecule has 2 aliphatic rings. The largest absolute Gasteiger partial charge is 0.381 e. The number of hydrogen-bond acceptors (Lipinski definition) is 1. The van der Waals surface area contributed by atoms with Crippen molar-refractivity contribution in [1.82, 2.24) is 0 Å². The van der Waals surface area contributed by atoms with Crippen LogP contribution in [-0.4, -0.2) is 13.2 Å². The number of allylic oxidation sites excluding steroid dienone is 5. The average molecular weight is 148 g/mol. The monoisotopic (exact) mass is 148 g/mol. The zero-order valence-electron chi connectivity index (χ0n) is 6.55. The Kier molecular flexibility index (Phi) is 1.91. The van der Waals surface area contributed by atoms with Gasteiger partial charge in [0.1, 0.15) is 0 Å². The van der Waals surface area contributed by atoms with Gasteiger partial charge < -0.3 is 4.74 Å². The zero-order valence-corrected chi connectivity index (χ0v) is 6.55. The quantitative estimate of drug-likeness (QED) is 0.512. The fourth-order valence-electron chi connectivity index (χ4n) is 1.52. The van der Waals surface area contributed by atoms with Gasteiger partial charge in [-0.25, -0.2) is 0 Å². The molecule has 1 saturated heterocycles. The number of hydrogen-bond donors (Lipinski definition) is 0. The van der Waals surface area contributed by atoms with Gasteiger partial charge in [-0.1, -0.05) is 29.9 Å². The maximum absolute atomic E-state index is 5.28. The minimum absolute atomic E-state index is 0.903. The van der Waals surface area contributed by atoms with E-state index in [1.165, 1.54) is 5.57 Å². The van der Waals surface area contributed by atoms with Crippen LogP contribution in [0.4, 0.5) is 0 Å². The van der Waals surface area contributed by atoms with Crippen molar-refractivity contribution >= 4 is 0 Å². The second-order valence-corrected chi connectivity index (χ2v) is 2.89. The lowest BCUT2D eigenvalue weighted by atomic mass is 10.0. The van der Waals surface area contributed by atoms with E-state index < -0.39 is 0 Å². The molecular formula is C10H12O. The van der Waals surface area contributed by atoms with E-state index in [9.17, 15) is 0 Å². The molecule has 0 N–H and O–H groups in total. The zero-order chi connectivity index (χ0) is 7.52. The fourth-order valence-corrected chi connectivity index (χ4v) is 1.52. The predicted molar refractivity (Wildman–Crippen MR) is 45.4 cm³/mol. The van der Waals surface area contributed by atoms with Gasteiger partial charge in [0, 0.05) is 0 Å². The molecule has 0 spiro atoms. The van der Waals surface area contributed by atoms with Crippen molar-refractivity contribution in [2.24, 2.45) is 0 Å². The molecule has 0 bridgehead atoms. The van der Waals surface area contributed by atoms with E-state index in [1.54, 1.807) is 5.57 Å². The normalized spacial score (nSPS) is 23.3. The van der Waals surface area contributed by atoms with Crippen LogP contribution in [0.2, 0.25) is 0 Å². The molecule has 1 fully saturated rings. The minimum atomic E-state index is 0.903. The smallest absolute Gasteiger partial charge is 0.0503 e. The molecule has 1 aliphatic carbocycles. The first-order valence-corrected chi connectivity index (χ1v) is 4.11. The first-order chi connectivity index (χ1) is 5.47. The number of rotatable bonds is 0. The molecule has 11 heavy (non-hydrogen) atoms. The molecule has 58 valence electrons.